The largest absolute Gasteiger partial charge is 0.337 e. The van der Waals surface area contributed by atoms with Gasteiger partial charge in [-0.3, -0.25) is 14.2 Å². The van der Waals surface area contributed by atoms with Crippen LogP contribution in [0.5, 0.6) is 0 Å². The van der Waals surface area contributed by atoms with E-state index in [-0.39, 0.29) is 24.6 Å². The highest BCUT2D eigenvalue weighted by Gasteiger charge is 2.19. The van der Waals surface area contributed by atoms with Gasteiger partial charge in [-0.1, -0.05) is 35.0 Å². The Morgan fingerprint density at radius 3 is 2.70 bits per heavy atom. The summed E-state index contributed by atoms with van der Waals surface area (Å²) in [4.78, 5) is 35.2. The van der Waals surface area contributed by atoms with Crippen LogP contribution in [0.2, 0.25) is 0 Å². The van der Waals surface area contributed by atoms with Gasteiger partial charge in [0.15, 0.2) is 5.82 Å². The number of amides is 1. The van der Waals surface area contributed by atoms with Gasteiger partial charge in [0.05, 0.1) is 11.8 Å². The Hall–Kier alpha value is -4.27. The number of rotatable bonds is 5. The third-order valence-corrected chi connectivity index (χ3v) is 5.58. The lowest BCUT2D eigenvalue weighted by Crippen LogP contribution is -2.25. The van der Waals surface area contributed by atoms with E-state index in [1.165, 1.54) is 10.9 Å². The Balaban J connectivity index is 1.62. The maximum atomic E-state index is 13.5. The fourth-order valence-corrected chi connectivity index (χ4v) is 3.99. The molecule has 3 aromatic heterocycles. The van der Waals surface area contributed by atoms with Gasteiger partial charge in [0.2, 0.25) is 11.8 Å². The van der Waals surface area contributed by atoms with Crippen LogP contribution in [0.3, 0.4) is 0 Å². The van der Waals surface area contributed by atoms with E-state index in [1.54, 1.807) is 11.5 Å². The lowest BCUT2D eigenvalue weighted by Gasteiger charge is -2.11. The number of aryl methyl sites for hydroxylation is 3. The van der Waals surface area contributed by atoms with Gasteiger partial charge in [0.25, 0.3) is 5.56 Å². The molecule has 5 aromatic rings. The molecule has 0 saturated heterocycles. The van der Waals surface area contributed by atoms with E-state index < -0.39 is 0 Å². The van der Waals surface area contributed by atoms with Crippen molar-refractivity contribution in [3.05, 3.63) is 82.0 Å². The Labute approximate surface area is 188 Å². The van der Waals surface area contributed by atoms with Crippen LogP contribution in [-0.4, -0.2) is 30.2 Å². The number of hydrogen-bond acceptors (Lipinski definition) is 6. The molecule has 2 aromatic carbocycles. The van der Waals surface area contributed by atoms with Crippen LogP contribution in [0.15, 0.2) is 58.1 Å². The summed E-state index contributed by atoms with van der Waals surface area (Å²) in [7, 11) is 0. The average molecular weight is 442 g/mol. The Morgan fingerprint density at radius 1 is 1.12 bits per heavy atom. The molecule has 5 rings (SSSR count). The Kier molecular flexibility index (Phi) is 5.01. The number of benzene rings is 2. The van der Waals surface area contributed by atoms with E-state index in [0.717, 1.165) is 27.7 Å². The molecule has 0 aliphatic carbocycles. The smallest absolute Gasteiger partial charge is 0.278 e. The molecule has 0 atom stereocenters. The van der Waals surface area contributed by atoms with Crippen molar-refractivity contribution in [2.75, 3.05) is 5.32 Å². The van der Waals surface area contributed by atoms with Crippen molar-refractivity contribution in [3.63, 3.8) is 0 Å². The number of anilines is 1. The molecule has 0 spiro atoms. The summed E-state index contributed by atoms with van der Waals surface area (Å²) in [5.41, 5.74) is 4.14. The lowest BCUT2D eigenvalue weighted by atomic mass is 10.1. The number of carbonyl (C=O) groups is 1. The maximum absolute atomic E-state index is 13.5. The molecule has 0 saturated carbocycles. The van der Waals surface area contributed by atoms with Gasteiger partial charge < -0.3 is 14.4 Å². The van der Waals surface area contributed by atoms with Crippen molar-refractivity contribution >= 4 is 33.5 Å². The fraction of sp³-hybridized carbons (Fsp3) is 0.208. The highest BCUT2D eigenvalue weighted by atomic mass is 16.5. The molecule has 3 heterocycles. The van der Waals surface area contributed by atoms with Crippen molar-refractivity contribution < 1.29 is 9.32 Å². The van der Waals surface area contributed by atoms with E-state index in [9.17, 15) is 9.59 Å². The topological polar surface area (TPSA) is 108 Å². The number of nitrogens with one attached hydrogen (secondary N) is 1. The summed E-state index contributed by atoms with van der Waals surface area (Å²) in [6.07, 6.45) is 1.48. The number of aromatic nitrogens is 5. The minimum Gasteiger partial charge on any atom is -0.337 e. The van der Waals surface area contributed by atoms with Crippen LogP contribution in [0.1, 0.15) is 22.8 Å². The van der Waals surface area contributed by atoms with Crippen molar-refractivity contribution in [1.82, 2.24) is 24.3 Å². The van der Waals surface area contributed by atoms with Crippen LogP contribution >= 0.6 is 0 Å². The molecule has 0 unspecified atom stereocenters. The molecule has 9 heteroatoms. The van der Waals surface area contributed by atoms with Gasteiger partial charge in [-0.05, 0) is 44.5 Å². The molecule has 0 aliphatic rings. The minimum absolute atomic E-state index is 0.0298. The van der Waals surface area contributed by atoms with Crippen LogP contribution < -0.4 is 10.9 Å². The molecule has 0 radical (unpaired) electrons. The first-order valence-corrected chi connectivity index (χ1v) is 10.5. The van der Waals surface area contributed by atoms with Crippen LogP contribution in [-0.2, 0) is 17.9 Å². The van der Waals surface area contributed by atoms with Crippen LogP contribution in [0.25, 0.3) is 21.9 Å². The molecule has 33 heavy (non-hydrogen) atoms. The predicted octanol–water partition coefficient (Wildman–Crippen LogP) is 3.35. The molecule has 1 amide bonds. The van der Waals surface area contributed by atoms with E-state index in [1.807, 2.05) is 56.3 Å². The summed E-state index contributed by atoms with van der Waals surface area (Å²) >= 11 is 0. The third kappa shape index (κ3) is 3.78. The summed E-state index contributed by atoms with van der Waals surface area (Å²) < 4.78 is 8.30. The zero-order valence-corrected chi connectivity index (χ0v) is 18.5. The second-order valence-corrected chi connectivity index (χ2v) is 8.08. The third-order valence-electron chi connectivity index (χ3n) is 5.58. The quantitative estimate of drug-likeness (QED) is 0.447. The number of fused-ring (bicyclic) bond motifs is 3. The van der Waals surface area contributed by atoms with Gasteiger partial charge in [0.1, 0.15) is 24.1 Å². The lowest BCUT2D eigenvalue weighted by molar-refractivity contribution is -0.116. The molecular weight excluding hydrogens is 420 g/mol. The molecule has 0 aliphatic heterocycles. The summed E-state index contributed by atoms with van der Waals surface area (Å²) in [5.74, 6) is 0.571. The van der Waals surface area contributed by atoms with Crippen LogP contribution in [0, 0.1) is 20.8 Å². The van der Waals surface area contributed by atoms with Gasteiger partial charge in [-0.15, -0.1) is 0 Å². The van der Waals surface area contributed by atoms with Gasteiger partial charge in [-0.25, -0.2) is 4.98 Å². The van der Waals surface area contributed by atoms with Crippen LogP contribution in [0.4, 0.5) is 5.69 Å². The monoisotopic (exact) mass is 442 g/mol. The zero-order chi connectivity index (χ0) is 23.1. The van der Waals surface area contributed by atoms with Gasteiger partial charge in [0, 0.05) is 11.1 Å². The van der Waals surface area contributed by atoms with E-state index in [2.05, 4.69) is 20.4 Å². The van der Waals surface area contributed by atoms with Gasteiger partial charge >= 0.3 is 0 Å². The predicted molar refractivity (Wildman–Crippen MR) is 124 cm³/mol. The number of hydrogen-bond donors (Lipinski definition) is 1. The minimum atomic E-state index is -0.284. The second-order valence-electron chi connectivity index (χ2n) is 8.08. The molecule has 9 nitrogen and oxygen atoms in total. The second kappa shape index (κ2) is 8.01. The summed E-state index contributed by atoms with van der Waals surface area (Å²) in [5, 5.41) is 7.54. The fourth-order valence-electron chi connectivity index (χ4n) is 3.99. The van der Waals surface area contributed by atoms with Crippen molar-refractivity contribution in [2.45, 2.75) is 33.9 Å². The highest BCUT2D eigenvalue weighted by molar-refractivity contribution is 6.06. The average Bonchev–Trinajstić information content (AvgIpc) is 3.33. The maximum Gasteiger partial charge on any atom is 0.278 e. The summed E-state index contributed by atoms with van der Waals surface area (Å²) in [6.45, 7) is 5.69. The summed E-state index contributed by atoms with van der Waals surface area (Å²) in [6, 6.07) is 13.4. The molecule has 0 fully saturated rings. The van der Waals surface area contributed by atoms with Gasteiger partial charge in [-0.2, -0.15) is 4.98 Å². The highest BCUT2D eigenvalue weighted by Crippen LogP contribution is 2.26. The van der Waals surface area contributed by atoms with Crippen molar-refractivity contribution in [2.24, 2.45) is 0 Å². The molecular formula is C24H22N6O3. The Morgan fingerprint density at radius 2 is 1.94 bits per heavy atom. The normalized spacial score (nSPS) is 11.4. The first-order valence-electron chi connectivity index (χ1n) is 10.5. The molecule has 1 N–H and O–H groups in total. The van der Waals surface area contributed by atoms with Crippen molar-refractivity contribution in [1.29, 1.82) is 0 Å². The number of carbonyl (C=O) groups excluding carboxylic acids is 1. The number of nitrogens with zero attached hydrogens (tertiary/aromatic N) is 5. The van der Waals surface area contributed by atoms with E-state index in [0.29, 0.717) is 22.7 Å². The zero-order valence-electron chi connectivity index (χ0n) is 18.5. The SMILES string of the molecule is Cc1ccc2c(c1)c1ncn(Cc3nc(C)no3)c(=O)c1n2CC(=O)Nc1ccccc1C. The molecule has 166 valence electrons. The van der Waals surface area contributed by atoms with E-state index >= 15 is 0 Å². The number of para-hydroxylation sites is 1. The first kappa shape index (κ1) is 20.6. The first-order chi connectivity index (χ1) is 15.9. The Bertz CT molecular complexity index is 1580. The molecule has 0 bridgehead atoms. The van der Waals surface area contributed by atoms with E-state index in [4.69, 9.17) is 4.52 Å². The standard InChI is InChI=1S/C24H22N6O3/c1-14-8-9-19-17(10-14)22-23(24(32)29(13-25-22)12-21-26-16(3)28-33-21)30(19)11-20(31)27-18-7-5-4-6-15(18)2/h4-10,13H,11-12H2,1-3H3,(H,27,31). The van der Waals surface area contributed by atoms with Crippen molar-refractivity contribution in [3.8, 4) is 0 Å².